The first-order valence-electron chi connectivity index (χ1n) is 12.4. The number of sulfonamides is 1. The minimum Gasteiger partial charge on any atom is -0.350 e. The summed E-state index contributed by atoms with van der Waals surface area (Å²) < 4.78 is 28.9. The third-order valence-corrected chi connectivity index (χ3v) is 8.41. The van der Waals surface area contributed by atoms with Gasteiger partial charge in [-0.2, -0.15) is 0 Å². The zero-order valence-electron chi connectivity index (χ0n) is 20.6. The molecule has 1 aliphatic heterocycles. The second-order valence-electron chi connectivity index (χ2n) is 9.71. The summed E-state index contributed by atoms with van der Waals surface area (Å²) in [5, 5.41) is 0.832. The number of amides is 1. The molecule has 1 fully saturated rings. The molecule has 1 aromatic heterocycles. The lowest BCUT2D eigenvalue weighted by molar-refractivity contribution is 0.0788. The molecule has 1 aliphatic rings. The Bertz CT molecular complexity index is 1470. The van der Waals surface area contributed by atoms with E-state index >= 15 is 0 Å². The molecule has 1 amide bonds. The maximum atomic E-state index is 13.7. The van der Waals surface area contributed by atoms with Crippen molar-refractivity contribution < 1.29 is 13.2 Å². The summed E-state index contributed by atoms with van der Waals surface area (Å²) >= 11 is 0. The van der Waals surface area contributed by atoms with E-state index in [9.17, 15) is 13.2 Å². The van der Waals surface area contributed by atoms with Gasteiger partial charge in [0.15, 0.2) is 0 Å². The summed E-state index contributed by atoms with van der Waals surface area (Å²) in [5.41, 5.74) is 3.67. The fourth-order valence-corrected chi connectivity index (χ4v) is 6.51. The number of aromatic nitrogens is 1. The van der Waals surface area contributed by atoms with E-state index in [1.165, 1.54) is 4.31 Å². The van der Waals surface area contributed by atoms with Crippen LogP contribution in [0.2, 0.25) is 0 Å². The normalized spacial score (nSPS) is 14.0. The van der Waals surface area contributed by atoms with Gasteiger partial charge in [-0.05, 0) is 54.7 Å². The quantitative estimate of drug-likeness (QED) is 0.341. The van der Waals surface area contributed by atoms with Gasteiger partial charge >= 0.3 is 0 Å². The van der Waals surface area contributed by atoms with Gasteiger partial charge in [0, 0.05) is 36.1 Å². The zero-order chi connectivity index (χ0) is 25.3. The highest BCUT2D eigenvalue weighted by molar-refractivity contribution is 7.92. The highest BCUT2D eigenvalue weighted by Crippen LogP contribution is 2.37. The van der Waals surface area contributed by atoms with Crippen LogP contribution in [-0.2, 0) is 10.0 Å². The van der Waals surface area contributed by atoms with E-state index in [0.29, 0.717) is 17.9 Å². The molecule has 36 heavy (non-hydrogen) atoms. The van der Waals surface area contributed by atoms with E-state index in [-0.39, 0.29) is 16.7 Å². The van der Waals surface area contributed by atoms with Gasteiger partial charge in [-0.15, -0.1) is 0 Å². The minimum absolute atomic E-state index is 0.0138. The van der Waals surface area contributed by atoms with Crippen molar-refractivity contribution in [2.75, 3.05) is 23.9 Å². The number of nitrogens with zero attached hydrogens (tertiary/aromatic N) is 2. The second-order valence-corrected chi connectivity index (χ2v) is 11.6. The molecule has 0 bridgehead atoms. The van der Waals surface area contributed by atoms with E-state index in [0.717, 1.165) is 48.0 Å². The Morgan fingerprint density at radius 1 is 0.944 bits per heavy atom. The molecule has 1 saturated heterocycles. The molecule has 5 rings (SSSR count). The van der Waals surface area contributed by atoms with Crippen molar-refractivity contribution in [3.05, 3.63) is 84.6 Å². The van der Waals surface area contributed by atoms with Crippen LogP contribution in [0.5, 0.6) is 0 Å². The highest BCUT2D eigenvalue weighted by atomic mass is 32.2. The summed E-state index contributed by atoms with van der Waals surface area (Å²) in [6, 6.07) is 24.0. The van der Waals surface area contributed by atoms with Gasteiger partial charge in [-0.25, -0.2) is 8.42 Å². The van der Waals surface area contributed by atoms with Crippen molar-refractivity contribution >= 4 is 32.5 Å². The first kappa shape index (κ1) is 24.1. The molecule has 0 spiro atoms. The van der Waals surface area contributed by atoms with Gasteiger partial charge in [-0.1, -0.05) is 62.4 Å². The Labute approximate surface area is 212 Å². The third kappa shape index (κ3) is 4.51. The monoisotopic (exact) mass is 501 g/mol. The minimum atomic E-state index is -3.77. The fourth-order valence-electron chi connectivity index (χ4n) is 4.87. The van der Waals surface area contributed by atoms with Gasteiger partial charge in [0.2, 0.25) is 0 Å². The van der Waals surface area contributed by atoms with E-state index < -0.39 is 10.0 Å². The summed E-state index contributed by atoms with van der Waals surface area (Å²) in [5.74, 6) is 0.103. The molecule has 0 unspecified atom stereocenters. The topological polar surface area (TPSA) is 73.5 Å². The van der Waals surface area contributed by atoms with Crippen LogP contribution in [0.1, 0.15) is 37.2 Å². The van der Waals surface area contributed by atoms with Crippen LogP contribution in [-0.4, -0.2) is 43.8 Å². The smallest absolute Gasteiger partial charge is 0.270 e. The lowest BCUT2D eigenvalue weighted by Crippen LogP contribution is -2.34. The van der Waals surface area contributed by atoms with Crippen molar-refractivity contribution in [3.8, 4) is 11.1 Å². The maximum absolute atomic E-state index is 13.7. The molecule has 0 radical (unpaired) electrons. The predicted molar refractivity (Wildman–Crippen MR) is 145 cm³/mol. The lowest BCUT2D eigenvalue weighted by atomic mass is 10.0. The molecule has 4 aromatic rings. The Morgan fingerprint density at radius 2 is 1.58 bits per heavy atom. The number of anilines is 1. The lowest BCUT2D eigenvalue weighted by Gasteiger charge is -2.26. The van der Waals surface area contributed by atoms with Crippen LogP contribution in [0.4, 0.5) is 5.69 Å². The molecule has 1 N–H and O–H groups in total. The number of carbonyl (C=O) groups is 1. The van der Waals surface area contributed by atoms with Crippen LogP contribution < -0.4 is 4.31 Å². The van der Waals surface area contributed by atoms with Gasteiger partial charge in [0.1, 0.15) is 5.69 Å². The highest BCUT2D eigenvalue weighted by Gasteiger charge is 2.29. The van der Waals surface area contributed by atoms with Crippen molar-refractivity contribution in [2.24, 2.45) is 5.92 Å². The van der Waals surface area contributed by atoms with Crippen LogP contribution in [0.3, 0.4) is 0 Å². The third-order valence-electron chi connectivity index (χ3n) is 6.60. The number of carbonyl (C=O) groups excluding carboxylic acids is 1. The van der Waals surface area contributed by atoms with Crippen molar-refractivity contribution in [1.29, 1.82) is 0 Å². The van der Waals surface area contributed by atoms with Crippen LogP contribution >= 0.6 is 0 Å². The number of fused-ring (bicyclic) bond motifs is 1. The molecule has 6 nitrogen and oxygen atoms in total. The largest absolute Gasteiger partial charge is 0.350 e. The van der Waals surface area contributed by atoms with Crippen molar-refractivity contribution in [3.63, 3.8) is 0 Å². The first-order valence-corrected chi connectivity index (χ1v) is 13.9. The Kier molecular flexibility index (Phi) is 6.58. The van der Waals surface area contributed by atoms with E-state index in [1.807, 2.05) is 73.3 Å². The standard InChI is InChI=1S/C29H31N3O3S/c1-21(2)20-32(36(34,35)24-13-7-4-8-14-24)23-15-16-26-25(19-23)27(22-11-5-3-6-12-22)28(30-26)29(33)31-17-9-10-18-31/h3-8,11-16,19,21,30H,9-10,17-18,20H2,1-2H3. The second kappa shape index (κ2) is 9.82. The summed E-state index contributed by atoms with van der Waals surface area (Å²) in [6.45, 7) is 5.86. The maximum Gasteiger partial charge on any atom is 0.270 e. The SMILES string of the molecule is CC(C)CN(c1ccc2[nH]c(C(=O)N3CCCC3)c(-c3ccccc3)c2c1)S(=O)(=O)c1ccccc1. The summed E-state index contributed by atoms with van der Waals surface area (Å²) in [7, 11) is -3.77. The Balaban J connectivity index is 1.69. The number of rotatable bonds is 7. The fraction of sp³-hybridized carbons (Fsp3) is 0.276. The average Bonchev–Trinajstić information content (AvgIpc) is 3.56. The van der Waals surface area contributed by atoms with Gasteiger partial charge in [0.25, 0.3) is 15.9 Å². The number of hydrogen-bond donors (Lipinski definition) is 1. The van der Waals surface area contributed by atoms with E-state index in [4.69, 9.17) is 0 Å². The molecule has 0 atom stereocenters. The Morgan fingerprint density at radius 3 is 2.22 bits per heavy atom. The zero-order valence-corrected chi connectivity index (χ0v) is 21.5. The summed E-state index contributed by atoms with van der Waals surface area (Å²) in [4.78, 5) is 19.0. The van der Waals surface area contributed by atoms with Crippen LogP contribution in [0.15, 0.2) is 83.8 Å². The number of likely N-dealkylation sites (tertiary alicyclic amines) is 1. The molecular formula is C29H31N3O3S. The Hall–Kier alpha value is -3.58. The molecule has 186 valence electrons. The molecule has 2 heterocycles. The molecular weight excluding hydrogens is 470 g/mol. The van der Waals surface area contributed by atoms with E-state index in [1.54, 1.807) is 24.3 Å². The molecule has 0 aliphatic carbocycles. The van der Waals surface area contributed by atoms with Crippen LogP contribution in [0, 0.1) is 5.92 Å². The molecule has 0 saturated carbocycles. The predicted octanol–water partition coefficient (Wildman–Crippen LogP) is 5.92. The number of H-pyrrole nitrogens is 1. The molecule has 3 aromatic carbocycles. The van der Waals surface area contributed by atoms with E-state index in [2.05, 4.69) is 4.98 Å². The number of nitrogens with one attached hydrogen (secondary N) is 1. The van der Waals surface area contributed by atoms with Gasteiger partial charge < -0.3 is 9.88 Å². The summed E-state index contributed by atoms with van der Waals surface area (Å²) in [6.07, 6.45) is 2.02. The van der Waals surface area contributed by atoms with Gasteiger partial charge in [-0.3, -0.25) is 9.10 Å². The first-order chi connectivity index (χ1) is 17.4. The number of hydrogen-bond acceptors (Lipinski definition) is 3. The van der Waals surface area contributed by atoms with Crippen LogP contribution in [0.25, 0.3) is 22.0 Å². The number of benzene rings is 3. The van der Waals surface area contributed by atoms with Gasteiger partial charge in [0.05, 0.1) is 10.6 Å². The average molecular weight is 502 g/mol. The number of aromatic amines is 1. The van der Waals surface area contributed by atoms with Crippen molar-refractivity contribution in [1.82, 2.24) is 9.88 Å². The molecule has 7 heteroatoms. The van der Waals surface area contributed by atoms with Crippen molar-refractivity contribution in [2.45, 2.75) is 31.6 Å².